The molecule has 3 heteroatoms. The van der Waals surface area contributed by atoms with Gasteiger partial charge in [-0.2, -0.15) is 0 Å². The number of aromatic nitrogens is 2. The maximum atomic E-state index is 6.50. The summed E-state index contributed by atoms with van der Waals surface area (Å²) in [5.41, 5.74) is 9.16. The highest BCUT2D eigenvalue weighted by atomic mass is 16.5. The number of ether oxygens (including phenoxy) is 1. The quantitative estimate of drug-likeness (QED) is 0.269. The second kappa shape index (κ2) is 8.39. The zero-order chi connectivity index (χ0) is 24.1. The lowest BCUT2D eigenvalue weighted by atomic mass is 9.89. The Bertz CT molecular complexity index is 1660. The van der Waals surface area contributed by atoms with Crippen molar-refractivity contribution in [2.75, 3.05) is 0 Å². The molecule has 2 aliphatic rings. The van der Waals surface area contributed by atoms with E-state index in [9.17, 15) is 0 Å². The first-order chi connectivity index (χ1) is 17.8. The average molecular weight is 467 g/mol. The van der Waals surface area contributed by atoms with Gasteiger partial charge in [-0.05, 0) is 60.0 Å². The number of imidazole rings is 1. The number of para-hydroxylation sites is 4. The number of hydrogen-bond acceptors (Lipinski definition) is 2. The average Bonchev–Trinajstić information content (AvgIpc) is 3.52. The maximum absolute atomic E-state index is 6.50. The summed E-state index contributed by atoms with van der Waals surface area (Å²) in [6.45, 7) is 2.21. The van der Waals surface area contributed by atoms with Crippen molar-refractivity contribution in [2.45, 2.75) is 25.4 Å². The molecule has 0 spiro atoms. The number of allylic oxidation sites excluding steroid dienone is 2. The molecule has 36 heavy (non-hydrogen) atoms. The van der Waals surface area contributed by atoms with Crippen molar-refractivity contribution in [3.8, 4) is 34.0 Å². The predicted molar refractivity (Wildman–Crippen MR) is 147 cm³/mol. The van der Waals surface area contributed by atoms with Gasteiger partial charge in [-0.3, -0.25) is 4.57 Å². The summed E-state index contributed by atoms with van der Waals surface area (Å²) in [5, 5.41) is 0. The van der Waals surface area contributed by atoms with E-state index >= 15 is 0 Å². The van der Waals surface area contributed by atoms with Gasteiger partial charge in [-0.1, -0.05) is 79.7 Å². The van der Waals surface area contributed by atoms with Gasteiger partial charge in [0.2, 0.25) is 0 Å². The Morgan fingerprint density at radius 3 is 2.50 bits per heavy atom. The van der Waals surface area contributed by atoms with Gasteiger partial charge in [0, 0.05) is 28.3 Å². The van der Waals surface area contributed by atoms with Crippen LogP contribution < -0.4 is 4.74 Å². The SMILES string of the molecule is CCc1cc(-c2cccc3c2OC2C=CC=CC32)cc(-c2nc3ccccc3n2-c2ccccc2)c1. The van der Waals surface area contributed by atoms with E-state index in [4.69, 9.17) is 9.72 Å². The van der Waals surface area contributed by atoms with Gasteiger partial charge in [0.05, 0.1) is 11.0 Å². The van der Waals surface area contributed by atoms with Crippen LogP contribution in [0.3, 0.4) is 0 Å². The van der Waals surface area contributed by atoms with E-state index in [1.165, 1.54) is 16.7 Å². The van der Waals surface area contributed by atoms with Crippen LogP contribution in [0, 0.1) is 0 Å². The number of benzene rings is 4. The van der Waals surface area contributed by atoms with E-state index < -0.39 is 0 Å². The molecule has 0 bridgehead atoms. The van der Waals surface area contributed by atoms with Crippen molar-refractivity contribution in [1.29, 1.82) is 0 Å². The lowest BCUT2D eigenvalue weighted by molar-refractivity contribution is 0.270. The minimum absolute atomic E-state index is 0.0715. The summed E-state index contributed by atoms with van der Waals surface area (Å²) in [5.74, 6) is 2.23. The number of hydrogen-bond donors (Lipinski definition) is 0. The number of nitrogens with zero attached hydrogens (tertiary/aromatic N) is 2. The van der Waals surface area contributed by atoms with Gasteiger partial charge in [-0.25, -0.2) is 4.98 Å². The monoisotopic (exact) mass is 466 g/mol. The fourth-order valence-corrected chi connectivity index (χ4v) is 5.53. The molecular formula is C33H26N2O. The largest absolute Gasteiger partial charge is 0.484 e. The number of rotatable bonds is 4. The zero-order valence-electron chi connectivity index (χ0n) is 20.1. The third-order valence-electron chi connectivity index (χ3n) is 7.29. The molecule has 2 heterocycles. The van der Waals surface area contributed by atoms with Crippen molar-refractivity contribution in [2.24, 2.45) is 0 Å². The van der Waals surface area contributed by atoms with Crippen LogP contribution in [0.25, 0.3) is 39.2 Å². The molecule has 3 nitrogen and oxygen atoms in total. The molecule has 2 atom stereocenters. The first-order valence-corrected chi connectivity index (χ1v) is 12.6. The Morgan fingerprint density at radius 1 is 0.806 bits per heavy atom. The molecule has 0 amide bonds. The standard InChI is InChI=1S/C33H26N2O/c1-2-22-19-23(26-14-10-15-28-27-13-6-9-18-31(27)36-32(26)28)21-24(20-22)33-34-29-16-7-8-17-30(29)35(33)25-11-4-3-5-12-25/h3-21,27,31H,2H2,1H3. The van der Waals surface area contributed by atoms with Gasteiger partial charge in [0.1, 0.15) is 17.7 Å². The maximum Gasteiger partial charge on any atom is 0.145 e. The van der Waals surface area contributed by atoms with Crippen LogP contribution in [0.5, 0.6) is 5.75 Å². The molecule has 0 radical (unpaired) electrons. The van der Waals surface area contributed by atoms with Crippen LogP contribution in [-0.4, -0.2) is 15.7 Å². The molecule has 1 aliphatic carbocycles. The molecule has 0 N–H and O–H groups in total. The van der Waals surface area contributed by atoms with Gasteiger partial charge in [0.15, 0.2) is 0 Å². The molecule has 4 aromatic carbocycles. The van der Waals surface area contributed by atoms with Crippen molar-refractivity contribution in [1.82, 2.24) is 9.55 Å². The molecule has 174 valence electrons. The Morgan fingerprint density at radius 2 is 1.61 bits per heavy atom. The van der Waals surface area contributed by atoms with E-state index in [2.05, 4.69) is 127 Å². The topological polar surface area (TPSA) is 27.1 Å². The fraction of sp³-hybridized carbons (Fsp3) is 0.121. The van der Waals surface area contributed by atoms with Crippen LogP contribution in [0.4, 0.5) is 0 Å². The van der Waals surface area contributed by atoms with Gasteiger partial charge in [0.25, 0.3) is 0 Å². The number of aryl methyl sites for hydroxylation is 1. The molecular weight excluding hydrogens is 440 g/mol. The summed E-state index contributed by atoms with van der Waals surface area (Å²) in [4.78, 5) is 5.11. The third kappa shape index (κ3) is 3.31. The third-order valence-corrected chi connectivity index (χ3v) is 7.29. The summed E-state index contributed by atoms with van der Waals surface area (Å²) >= 11 is 0. The minimum Gasteiger partial charge on any atom is -0.484 e. The van der Waals surface area contributed by atoms with Crippen LogP contribution in [0.1, 0.15) is 24.0 Å². The lowest BCUT2D eigenvalue weighted by Crippen LogP contribution is -2.15. The summed E-state index contributed by atoms with van der Waals surface area (Å²) in [6.07, 6.45) is 9.62. The minimum atomic E-state index is 0.0715. The lowest BCUT2D eigenvalue weighted by Gasteiger charge is -2.15. The second-order valence-corrected chi connectivity index (χ2v) is 9.47. The molecule has 1 aromatic heterocycles. The van der Waals surface area contributed by atoms with Crippen LogP contribution >= 0.6 is 0 Å². The van der Waals surface area contributed by atoms with Crippen LogP contribution in [0.2, 0.25) is 0 Å². The van der Waals surface area contributed by atoms with E-state index in [-0.39, 0.29) is 12.0 Å². The first-order valence-electron chi connectivity index (χ1n) is 12.6. The van der Waals surface area contributed by atoms with Crippen LogP contribution in [-0.2, 0) is 6.42 Å². The predicted octanol–water partition coefficient (Wildman–Crippen LogP) is 7.89. The number of fused-ring (bicyclic) bond motifs is 4. The molecule has 0 saturated carbocycles. The molecule has 0 saturated heterocycles. The summed E-state index contributed by atoms with van der Waals surface area (Å²) in [6, 6.07) is 32.2. The first kappa shape index (κ1) is 21.0. The smallest absolute Gasteiger partial charge is 0.145 e. The summed E-state index contributed by atoms with van der Waals surface area (Å²) < 4.78 is 8.77. The zero-order valence-corrected chi connectivity index (χ0v) is 20.1. The van der Waals surface area contributed by atoms with Gasteiger partial charge >= 0.3 is 0 Å². The van der Waals surface area contributed by atoms with E-state index in [1.54, 1.807) is 0 Å². The highest BCUT2D eigenvalue weighted by molar-refractivity contribution is 5.85. The van der Waals surface area contributed by atoms with Gasteiger partial charge < -0.3 is 4.74 Å². The van der Waals surface area contributed by atoms with Gasteiger partial charge in [-0.15, -0.1) is 0 Å². The molecule has 5 aromatic rings. The van der Waals surface area contributed by atoms with Crippen molar-refractivity contribution in [3.05, 3.63) is 126 Å². The molecule has 1 aliphatic heterocycles. The fourth-order valence-electron chi connectivity index (χ4n) is 5.53. The molecule has 7 rings (SSSR count). The highest BCUT2D eigenvalue weighted by Crippen LogP contribution is 2.47. The van der Waals surface area contributed by atoms with Crippen LogP contribution in [0.15, 0.2) is 115 Å². The van der Waals surface area contributed by atoms with E-state index in [1.807, 2.05) is 0 Å². The Labute approximate surface area is 211 Å². The highest BCUT2D eigenvalue weighted by Gasteiger charge is 2.33. The van der Waals surface area contributed by atoms with Crippen molar-refractivity contribution >= 4 is 11.0 Å². The van der Waals surface area contributed by atoms with Crippen molar-refractivity contribution < 1.29 is 4.74 Å². The summed E-state index contributed by atoms with van der Waals surface area (Å²) in [7, 11) is 0. The Balaban J connectivity index is 1.44. The normalized spacial score (nSPS) is 17.7. The second-order valence-electron chi connectivity index (χ2n) is 9.47. The Hall–Kier alpha value is -4.37. The Kier molecular flexibility index (Phi) is 4.88. The van der Waals surface area contributed by atoms with E-state index in [0.29, 0.717) is 0 Å². The molecule has 0 fully saturated rings. The van der Waals surface area contributed by atoms with E-state index in [0.717, 1.165) is 45.8 Å². The molecule has 2 unspecified atom stereocenters. The van der Waals surface area contributed by atoms with Crippen molar-refractivity contribution in [3.63, 3.8) is 0 Å².